The van der Waals surface area contributed by atoms with E-state index in [-0.39, 0.29) is 0 Å². The van der Waals surface area contributed by atoms with Crippen molar-refractivity contribution in [2.45, 2.75) is 25.4 Å². The molecule has 1 saturated heterocycles. The fraction of sp³-hybridized carbons (Fsp3) is 0.778. The smallest absolute Gasteiger partial charge is 0.0897 e. The molecule has 2 heteroatoms. The van der Waals surface area contributed by atoms with E-state index in [0.717, 1.165) is 32.5 Å². The molecule has 0 unspecified atom stereocenters. The van der Waals surface area contributed by atoms with Gasteiger partial charge in [-0.3, -0.25) is 4.90 Å². The summed E-state index contributed by atoms with van der Waals surface area (Å²) >= 11 is 0. The highest BCUT2D eigenvalue weighted by Gasteiger charge is 2.38. The Morgan fingerprint density at radius 3 is 2.73 bits per heavy atom. The Hall–Kier alpha value is -0.520. The van der Waals surface area contributed by atoms with Crippen molar-refractivity contribution in [1.29, 1.82) is 0 Å². The van der Waals surface area contributed by atoms with E-state index in [1.807, 2.05) is 6.92 Å². The minimum atomic E-state index is -0.408. The van der Waals surface area contributed by atoms with Crippen LogP contribution < -0.4 is 0 Å². The Labute approximate surface area is 68.2 Å². The number of hydrogen-bond acceptors (Lipinski definition) is 2. The molecule has 0 atom stereocenters. The molecule has 0 aliphatic carbocycles. The lowest BCUT2D eigenvalue weighted by atomic mass is 9.91. The van der Waals surface area contributed by atoms with E-state index in [1.54, 1.807) is 0 Å². The van der Waals surface area contributed by atoms with Crippen molar-refractivity contribution in [3.05, 3.63) is 0 Å². The number of rotatable bonds is 3. The van der Waals surface area contributed by atoms with Crippen molar-refractivity contribution in [3.63, 3.8) is 0 Å². The molecular weight excluding hydrogens is 138 g/mol. The molecule has 11 heavy (non-hydrogen) atoms. The van der Waals surface area contributed by atoms with E-state index in [1.165, 1.54) is 0 Å². The van der Waals surface area contributed by atoms with Gasteiger partial charge in [0.1, 0.15) is 0 Å². The molecule has 0 amide bonds. The molecule has 0 radical (unpaired) electrons. The summed E-state index contributed by atoms with van der Waals surface area (Å²) in [5.41, 5.74) is -0.408. The summed E-state index contributed by atoms with van der Waals surface area (Å²) in [4.78, 5) is 2.18. The maximum absolute atomic E-state index is 9.60. The Morgan fingerprint density at radius 1 is 1.64 bits per heavy atom. The average Bonchev–Trinajstić information content (AvgIpc) is 1.96. The molecule has 1 heterocycles. The van der Waals surface area contributed by atoms with Crippen LogP contribution in [0.5, 0.6) is 0 Å². The van der Waals surface area contributed by atoms with Crippen LogP contribution in [0, 0.1) is 12.3 Å². The van der Waals surface area contributed by atoms with Crippen molar-refractivity contribution >= 4 is 0 Å². The van der Waals surface area contributed by atoms with Gasteiger partial charge >= 0.3 is 0 Å². The summed E-state index contributed by atoms with van der Waals surface area (Å²) in [7, 11) is 0. The Morgan fingerprint density at radius 2 is 2.27 bits per heavy atom. The summed E-state index contributed by atoms with van der Waals surface area (Å²) < 4.78 is 0. The van der Waals surface area contributed by atoms with E-state index < -0.39 is 5.60 Å². The zero-order valence-electron chi connectivity index (χ0n) is 7.01. The van der Waals surface area contributed by atoms with Gasteiger partial charge < -0.3 is 5.11 Å². The molecule has 1 fully saturated rings. The number of likely N-dealkylation sites (tertiary alicyclic amines) is 1. The topological polar surface area (TPSA) is 23.5 Å². The third-order valence-corrected chi connectivity index (χ3v) is 2.27. The van der Waals surface area contributed by atoms with Crippen LogP contribution in [-0.4, -0.2) is 35.2 Å². The van der Waals surface area contributed by atoms with E-state index in [2.05, 4.69) is 10.8 Å². The second-order valence-electron chi connectivity index (χ2n) is 3.24. The Balaban J connectivity index is 2.14. The first-order valence-corrected chi connectivity index (χ1v) is 4.08. The van der Waals surface area contributed by atoms with Crippen molar-refractivity contribution in [1.82, 2.24) is 4.90 Å². The zero-order valence-corrected chi connectivity index (χ0v) is 7.01. The van der Waals surface area contributed by atoms with Gasteiger partial charge in [0.25, 0.3) is 0 Å². The van der Waals surface area contributed by atoms with Gasteiger partial charge in [-0.25, -0.2) is 0 Å². The van der Waals surface area contributed by atoms with E-state index in [0.29, 0.717) is 0 Å². The molecule has 0 aromatic carbocycles. The highest BCUT2D eigenvalue weighted by atomic mass is 16.3. The highest BCUT2D eigenvalue weighted by molar-refractivity contribution is 4.96. The number of terminal acetylenes is 1. The van der Waals surface area contributed by atoms with Crippen LogP contribution in [-0.2, 0) is 0 Å². The first-order chi connectivity index (χ1) is 5.20. The van der Waals surface area contributed by atoms with Crippen LogP contribution in [0.3, 0.4) is 0 Å². The van der Waals surface area contributed by atoms with Gasteiger partial charge in [0.2, 0.25) is 0 Å². The second-order valence-corrected chi connectivity index (χ2v) is 3.24. The molecule has 0 aromatic rings. The lowest BCUT2D eigenvalue weighted by Gasteiger charge is -2.46. The average molecular weight is 153 g/mol. The molecule has 1 aliphatic heterocycles. The first-order valence-electron chi connectivity index (χ1n) is 4.08. The van der Waals surface area contributed by atoms with Gasteiger partial charge in [-0.1, -0.05) is 6.92 Å². The molecule has 0 saturated carbocycles. The zero-order chi connectivity index (χ0) is 8.32. The number of aliphatic hydroxyl groups is 1. The molecule has 1 rings (SSSR count). The van der Waals surface area contributed by atoms with E-state index >= 15 is 0 Å². The van der Waals surface area contributed by atoms with Gasteiger partial charge in [-0.2, -0.15) is 0 Å². The van der Waals surface area contributed by atoms with Crippen LogP contribution in [0.15, 0.2) is 0 Å². The van der Waals surface area contributed by atoms with E-state index in [9.17, 15) is 5.11 Å². The molecule has 0 aromatic heterocycles. The van der Waals surface area contributed by atoms with Crippen molar-refractivity contribution in [3.8, 4) is 12.3 Å². The predicted octanol–water partition coefficient (Wildman–Crippen LogP) is 0.466. The minimum absolute atomic E-state index is 0.408. The monoisotopic (exact) mass is 153 g/mol. The summed E-state index contributed by atoms with van der Waals surface area (Å²) in [5.74, 6) is 2.59. The Kier molecular flexibility index (Phi) is 2.53. The Bertz CT molecular complexity index is 165. The van der Waals surface area contributed by atoms with Gasteiger partial charge in [-0.05, 0) is 6.42 Å². The molecule has 0 bridgehead atoms. The SMILES string of the molecule is C#CCCN1CC(O)(CC)C1. The molecule has 2 nitrogen and oxygen atoms in total. The van der Waals surface area contributed by atoms with Crippen LogP contribution in [0.1, 0.15) is 19.8 Å². The van der Waals surface area contributed by atoms with Crippen molar-refractivity contribution in [2.24, 2.45) is 0 Å². The van der Waals surface area contributed by atoms with Crippen molar-refractivity contribution < 1.29 is 5.11 Å². The third-order valence-electron chi connectivity index (χ3n) is 2.27. The number of nitrogens with zero attached hydrogens (tertiary/aromatic N) is 1. The van der Waals surface area contributed by atoms with E-state index in [4.69, 9.17) is 6.42 Å². The predicted molar refractivity (Wildman–Crippen MR) is 45.1 cm³/mol. The van der Waals surface area contributed by atoms with Crippen LogP contribution in [0.4, 0.5) is 0 Å². The number of β-amino-alcohol motifs (C(OH)–C–C–N with tert-alkyl or cyclic N) is 1. The standard InChI is InChI=1S/C9H15NO/c1-3-5-6-10-7-9(11,4-2)8-10/h1,11H,4-8H2,2H3. The maximum atomic E-state index is 9.60. The summed E-state index contributed by atoms with van der Waals surface area (Å²) in [6.45, 7) is 4.54. The summed E-state index contributed by atoms with van der Waals surface area (Å²) in [5, 5.41) is 9.60. The van der Waals surface area contributed by atoms with Crippen LogP contribution in [0.2, 0.25) is 0 Å². The normalized spacial score (nSPS) is 22.3. The molecule has 1 N–H and O–H groups in total. The van der Waals surface area contributed by atoms with Gasteiger partial charge in [0.05, 0.1) is 5.60 Å². The van der Waals surface area contributed by atoms with Crippen LogP contribution >= 0.6 is 0 Å². The first kappa shape index (κ1) is 8.58. The lowest BCUT2D eigenvalue weighted by molar-refractivity contribution is -0.0982. The minimum Gasteiger partial charge on any atom is -0.387 e. The maximum Gasteiger partial charge on any atom is 0.0897 e. The van der Waals surface area contributed by atoms with Crippen molar-refractivity contribution in [2.75, 3.05) is 19.6 Å². The van der Waals surface area contributed by atoms with Gasteiger partial charge in [0.15, 0.2) is 0 Å². The molecule has 1 aliphatic rings. The largest absolute Gasteiger partial charge is 0.387 e. The van der Waals surface area contributed by atoms with Crippen LogP contribution in [0.25, 0.3) is 0 Å². The third kappa shape index (κ3) is 1.95. The highest BCUT2D eigenvalue weighted by Crippen LogP contribution is 2.23. The summed E-state index contributed by atoms with van der Waals surface area (Å²) in [6.07, 6.45) is 6.75. The lowest BCUT2D eigenvalue weighted by Crippen LogP contribution is -2.61. The second kappa shape index (κ2) is 3.25. The van der Waals surface area contributed by atoms with Gasteiger partial charge in [0, 0.05) is 26.1 Å². The molecular formula is C9H15NO. The molecule has 62 valence electrons. The fourth-order valence-corrected chi connectivity index (χ4v) is 1.39. The summed E-state index contributed by atoms with van der Waals surface area (Å²) in [6, 6.07) is 0. The quantitative estimate of drug-likeness (QED) is 0.596. The van der Waals surface area contributed by atoms with Gasteiger partial charge in [-0.15, -0.1) is 12.3 Å². The fourth-order valence-electron chi connectivity index (χ4n) is 1.39. The number of hydrogen-bond donors (Lipinski definition) is 1. The molecule has 0 spiro atoms.